The second kappa shape index (κ2) is 9.39. The summed E-state index contributed by atoms with van der Waals surface area (Å²) in [5, 5.41) is 6.76. The Hall–Kier alpha value is -2.57. The molecule has 0 saturated heterocycles. The van der Waals surface area contributed by atoms with Gasteiger partial charge in [0.15, 0.2) is 0 Å². The number of ether oxygens (including phenoxy) is 1. The fourth-order valence-corrected chi connectivity index (χ4v) is 3.76. The van der Waals surface area contributed by atoms with E-state index in [1.54, 1.807) is 36.3 Å². The van der Waals surface area contributed by atoms with Crippen LogP contribution in [0.15, 0.2) is 81.6 Å². The summed E-state index contributed by atoms with van der Waals surface area (Å²) in [5.74, 6) is 0.804. The molecule has 0 atom stereocenters. The monoisotopic (exact) mass is 395 g/mol. The summed E-state index contributed by atoms with van der Waals surface area (Å²) in [6.07, 6.45) is 5.69. The molecule has 0 saturated carbocycles. The van der Waals surface area contributed by atoms with Crippen LogP contribution in [0.1, 0.15) is 5.56 Å². The number of para-hydroxylation sites is 1. The normalized spacial score (nSPS) is 11.9. The van der Waals surface area contributed by atoms with E-state index in [1.807, 2.05) is 40.5 Å². The molecule has 1 heterocycles. The standard InChI is InChI=1S/C21H21N3OS2/c1-4-13-22-21-24(23-14-16-9-11-17(26-3)12-10-16)19(15-27-21)18-7-5-6-8-20(18)25-2/h4-12,14-15H,1,13H2,2-3H3. The summed E-state index contributed by atoms with van der Waals surface area (Å²) in [4.78, 5) is 6.61. The lowest BCUT2D eigenvalue weighted by atomic mass is 10.1. The van der Waals surface area contributed by atoms with E-state index < -0.39 is 0 Å². The Morgan fingerprint density at radius 1 is 1.19 bits per heavy atom. The van der Waals surface area contributed by atoms with E-state index in [4.69, 9.17) is 9.84 Å². The average Bonchev–Trinajstić information content (AvgIpc) is 3.13. The highest BCUT2D eigenvalue weighted by Crippen LogP contribution is 2.29. The molecule has 1 aromatic heterocycles. The maximum Gasteiger partial charge on any atom is 0.206 e. The molecule has 0 unspecified atom stereocenters. The Balaban J connectivity index is 2.06. The van der Waals surface area contributed by atoms with Crippen LogP contribution in [0.4, 0.5) is 0 Å². The van der Waals surface area contributed by atoms with Gasteiger partial charge in [-0.15, -0.1) is 29.7 Å². The molecule has 3 rings (SSSR count). The fraction of sp³-hybridized carbons (Fsp3) is 0.143. The Kier molecular flexibility index (Phi) is 6.68. The van der Waals surface area contributed by atoms with Gasteiger partial charge in [0.1, 0.15) is 5.75 Å². The topological polar surface area (TPSA) is 38.9 Å². The van der Waals surface area contributed by atoms with Crippen molar-refractivity contribution in [3.05, 3.63) is 76.9 Å². The Morgan fingerprint density at radius 2 is 1.96 bits per heavy atom. The quantitative estimate of drug-likeness (QED) is 0.324. The molecule has 0 radical (unpaired) electrons. The Labute approximate surface area is 167 Å². The van der Waals surface area contributed by atoms with Crippen molar-refractivity contribution < 1.29 is 4.74 Å². The lowest BCUT2D eigenvalue weighted by Crippen LogP contribution is -2.12. The number of methoxy groups -OCH3 is 1. The van der Waals surface area contributed by atoms with Crippen LogP contribution in [0, 0.1) is 0 Å². The number of thiazole rings is 1. The number of benzene rings is 2. The third kappa shape index (κ3) is 4.59. The average molecular weight is 396 g/mol. The molecule has 0 amide bonds. The minimum absolute atomic E-state index is 0.545. The van der Waals surface area contributed by atoms with Gasteiger partial charge in [-0.3, -0.25) is 4.99 Å². The molecular formula is C21H21N3OS2. The minimum atomic E-state index is 0.545. The number of nitrogens with zero attached hydrogens (tertiary/aromatic N) is 3. The zero-order chi connectivity index (χ0) is 19.1. The first-order chi connectivity index (χ1) is 13.3. The molecule has 6 heteroatoms. The molecule has 0 spiro atoms. The van der Waals surface area contributed by atoms with Crippen molar-refractivity contribution in [1.82, 2.24) is 4.68 Å². The van der Waals surface area contributed by atoms with Crippen LogP contribution in [0.2, 0.25) is 0 Å². The van der Waals surface area contributed by atoms with Crippen LogP contribution in [-0.2, 0) is 0 Å². The molecule has 0 N–H and O–H groups in total. The second-order valence-corrected chi connectivity index (χ2v) is 7.28. The highest BCUT2D eigenvalue weighted by atomic mass is 32.2. The van der Waals surface area contributed by atoms with E-state index in [2.05, 4.69) is 42.1 Å². The van der Waals surface area contributed by atoms with Crippen molar-refractivity contribution in [2.75, 3.05) is 19.9 Å². The second-order valence-electron chi connectivity index (χ2n) is 5.56. The number of thioether (sulfide) groups is 1. The van der Waals surface area contributed by atoms with E-state index >= 15 is 0 Å². The third-order valence-electron chi connectivity index (χ3n) is 3.86. The molecule has 0 bridgehead atoms. The van der Waals surface area contributed by atoms with Gasteiger partial charge >= 0.3 is 0 Å². The van der Waals surface area contributed by atoms with Crippen molar-refractivity contribution in [3.8, 4) is 17.0 Å². The molecule has 138 valence electrons. The lowest BCUT2D eigenvalue weighted by molar-refractivity contribution is 0.416. The summed E-state index contributed by atoms with van der Waals surface area (Å²) in [5.41, 5.74) is 2.95. The highest BCUT2D eigenvalue weighted by molar-refractivity contribution is 7.98. The number of hydrogen-bond donors (Lipinski definition) is 0. The zero-order valence-electron chi connectivity index (χ0n) is 15.3. The van der Waals surface area contributed by atoms with Gasteiger partial charge in [0.2, 0.25) is 4.80 Å². The van der Waals surface area contributed by atoms with E-state index in [1.165, 1.54) is 4.90 Å². The molecule has 2 aromatic carbocycles. The first-order valence-electron chi connectivity index (χ1n) is 8.40. The van der Waals surface area contributed by atoms with Crippen LogP contribution in [0.3, 0.4) is 0 Å². The van der Waals surface area contributed by atoms with Gasteiger partial charge in [0, 0.05) is 15.8 Å². The molecule has 0 aliphatic carbocycles. The number of rotatable bonds is 7. The summed E-state index contributed by atoms with van der Waals surface area (Å²) in [7, 11) is 1.68. The number of aromatic nitrogens is 1. The summed E-state index contributed by atoms with van der Waals surface area (Å²) >= 11 is 3.27. The third-order valence-corrected chi connectivity index (χ3v) is 5.46. The summed E-state index contributed by atoms with van der Waals surface area (Å²) in [6.45, 7) is 4.29. The first kappa shape index (κ1) is 19.2. The molecule has 0 fully saturated rings. The fourth-order valence-electron chi connectivity index (χ4n) is 2.52. The van der Waals surface area contributed by atoms with Gasteiger partial charge in [-0.1, -0.05) is 30.3 Å². The zero-order valence-corrected chi connectivity index (χ0v) is 17.0. The predicted molar refractivity (Wildman–Crippen MR) is 116 cm³/mol. The van der Waals surface area contributed by atoms with Gasteiger partial charge in [-0.25, -0.2) is 4.68 Å². The maximum atomic E-state index is 5.52. The molecule has 0 aliphatic heterocycles. The van der Waals surface area contributed by atoms with Crippen LogP contribution in [0.25, 0.3) is 11.3 Å². The molecule has 0 aliphatic rings. The van der Waals surface area contributed by atoms with Crippen molar-refractivity contribution in [3.63, 3.8) is 0 Å². The van der Waals surface area contributed by atoms with E-state index in [9.17, 15) is 0 Å². The minimum Gasteiger partial charge on any atom is -0.496 e. The van der Waals surface area contributed by atoms with Gasteiger partial charge in [0.25, 0.3) is 0 Å². The van der Waals surface area contributed by atoms with Crippen LogP contribution >= 0.6 is 23.1 Å². The smallest absolute Gasteiger partial charge is 0.206 e. The van der Waals surface area contributed by atoms with E-state index in [-0.39, 0.29) is 0 Å². The maximum absolute atomic E-state index is 5.52. The highest BCUT2D eigenvalue weighted by Gasteiger charge is 2.11. The van der Waals surface area contributed by atoms with Gasteiger partial charge < -0.3 is 4.74 Å². The van der Waals surface area contributed by atoms with Crippen LogP contribution in [-0.4, -0.2) is 30.8 Å². The molecule has 3 aromatic rings. The summed E-state index contributed by atoms with van der Waals surface area (Å²) < 4.78 is 7.38. The molecule has 27 heavy (non-hydrogen) atoms. The molecular weight excluding hydrogens is 374 g/mol. The van der Waals surface area contributed by atoms with E-state index in [0.717, 1.165) is 27.4 Å². The Morgan fingerprint density at radius 3 is 2.67 bits per heavy atom. The van der Waals surface area contributed by atoms with Crippen molar-refractivity contribution >= 4 is 29.3 Å². The van der Waals surface area contributed by atoms with Gasteiger partial charge in [0.05, 0.1) is 25.6 Å². The first-order valence-corrected chi connectivity index (χ1v) is 10.5. The SMILES string of the molecule is C=CCN=c1scc(-c2ccccc2OC)n1N=Cc1ccc(SC)cc1. The predicted octanol–water partition coefficient (Wildman–Crippen LogP) is 4.92. The van der Waals surface area contributed by atoms with Crippen molar-refractivity contribution in [2.24, 2.45) is 10.1 Å². The van der Waals surface area contributed by atoms with Crippen molar-refractivity contribution in [2.45, 2.75) is 4.90 Å². The van der Waals surface area contributed by atoms with E-state index in [0.29, 0.717) is 6.54 Å². The Bertz CT molecular complexity index is 1000. The van der Waals surface area contributed by atoms with Gasteiger partial charge in [-0.2, -0.15) is 5.10 Å². The van der Waals surface area contributed by atoms with Crippen LogP contribution < -0.4 is 9.54 Å². The van der Waals surface area contributed by atoms with Gasteiger partial charge in [-0.05, 0) is 36.1 Å². The largest absolute Gasteiger partial charge is 0.496 e. The summed E-state index contributed by atoms with van der Waals surface area (Å²) in [6, 6.07) is 16.2. The number of hydrogen-bond acceptors (Lipinski definition) is 5. The van der Waals surface area contributed by atoms with Crippen LogP contribution in [0.5, 0.6) is 5.75 Å². The molecule has 4 nitrogen and oxygen atoms in total. The lowest BCUT2D eigenvalue weighted by Gasteiger charge is -2.08. The van der Waals surface area contributed by atoms with Crippen molar-refractivity contribution in [1.29, 1.82) is 0 Å².